The molecule has 0 radical (unpaired) electrons. The van der Waals surface area contributed by atoms with Gasteiger partial charge in [-0.25, -0.2) is 8.78 Å². The first-order chi connectivity index (χ1) is 17.7. The molecular formula is C17H5F17KN3O3. The number of aliphatic carboxylic acids is 1. The molecule has 41 heavy (non-hydrogen) atoms. The summed E-state index contributed by atoms with van der Waals surface area (Å²) in [6.07, 6.45) is -7.77. The summed E-state index contributed by atoms with van der Waals surface area (Å²) in [5.41, 5.74) is -2.41. The van der Waals surface area contributed by atoms with E-state index in [0.717, 1.165) is 0 Å². The van der Waals surface area contributed by atoms with Gasteiger partial charge in [0.25, 0.3) is 5.89 Å². The standard InChI is InChI=1S/C17H6F17N3O3.K/c18-5-1-4(2-6(19)8(5)35-3-7(38)39)9-36-10(37-40-9)11(20,21)12(22,23)13(24,25)14(26,27)15(28,29)16(30,31)17(32,33)34;/h1-2,35H,3H2,(H,38,39);/q;+1/p-1. The SMILES string of the molecule is O=C([O-])CNc1c(F)cc(-c2nc(C(F)(F)C(F)(F)C(F)(F)C(F)(F)C(F)(F)C(F)(F)C(F)(F)F)no2)cc1F.[K+]. The van der Waals surface area contributed by atoms with Gasteiger partial charge >= 0.3 is 93.1 Å². The van der Waals surface area contributed by atoms with Gasteiger partial charge in [-0.3, -0.25) is 0 Å². The molecule has 0 bridgehead atoms. The number of anilines is 1. The number of carboxylic acids is 1. The first-order valence-corrected chi connectivity index (χ1v) is 9.29. The maximum atomic E-state index is 14.2. The maximum absolute atomic E-state index is 14.2. The van der Waals surface area contributed by atoms with E-state index in [1.54, 1.807) is 5.32 Å². The van der Waals surface area contributed by atoms with Crippen LogP contribution in [0.5, 0.6) is 0 Å². The van der Waals surface area contributed by atoms with Gasteiger partial charge in [0.15, 0.2) is 0 Å². The van der Waals surface area contributed by atoms with E-state index in [1.165, 1.54) is 0 Å². The van der Waals surface area contributed by atoms with E-state index >= 15 is 0 Å². The minimum Gasteiger partial charge on any atom is -0.548 e. The minimum absolute atomic E-state index is 0. The Morgan fingerprint density at radius 1 is 0.756 bits per heavy atom. The molecule has 0 fully saturated rings. The molecule has 0 unspecified atom stereocenters. The van der Waals surface area contributed by atoms with Gasteiger partial charge in [-0.05, 0) is 12.1 Å². The first-order valence-electron chi connectivity index (χ1n) is 9.29. The van der Waals surface area contributed by atoms with Gasteiger partial charge in [0.2, 0.25) is 5.82 Å². The van der Waals surface area contributed by atoms with Crippen LogP contribution in [-0.2, 0) is 10.7 Å². The van der Waals surface area contributed by atoms with Crippen LogP contribution in [0.15, 0.2) is 16.7 Å². The average molecular weight is 661 g/mol. The normalized spacial score (nSPS) is 14.1. The number of carbonyl (C=O) groups is 1. The summed E-state index contributed by atoms with van der Waals surface area (Å²) in [5.74, 6) is -58.8. The van der Waals surface area contributed by atoms with Gasteiger partial charge in [-0.2, -0.15) is 70.8 Å². The largest absolute Gasteiger partial charge is 1.00 e. The van der Waals surface area contributed by atoms with Crippen LogP contribution < -0.4 is 61.8 Å². The van der Waals surface area contributed by atoms with Gasteiger partial charge in [0.05, 0.1) is 12.5 Å². The van der Waals surface area contributed by atoms with Crippen LogP contribution in [0.25, 0.3) is 11.5 Å². The molecule has 0 amide bonds. The third-order valence-corrected chi connectivity index (χ3v) is 4.73. The number of benzene rings is 1. The number of nitrogens with one attached hydrogen (secondary N) is 1. The first kappa shape index (κ1) is 37.1. The third-order valence-electron chi connectivity index (χ3n) is 4.73. The molecule has 1 aromatic heterocycles. The smallest absolute Gasteiger partial charge is 0.548 e. The van der Waals surface area contributed by atoms with Crippen molar-refractivity contribution in [2.24, 2.45) is 0 Å². The topological polar surface area (TPSA) is 91.1 Å². The Labute approximate surface area is 255 Å². The molecule has 0 spiro atoms. The molecule has 1 heterocycles. The molecule has 1 aromatic carbocycles. The van der Waals surface area contributed by atoms with E-state index in [0.29, 0.717) is 0 Å². The second-order valence-electron chi connectivity index (χ2n) is 7.41. The van der Waals surface area contributed by atoms with Crippen LogP contribution in [-0.4, -0.2) is 58.4 Å². The molecule has 0 atom stereocenters. The molecule has 0 aliphatic heterocycles. The fourth-order valence-electron chi connectivity index (χ4n) is 2.60. The van der Waals surface area contributed by atoms with Crippen molar-refractivity contribution < 1.29 is 140 Å². The van der Waals surface area contributed by atoms with Crippen LogP contribution >= 0.6 is 0 Å². The van der Waals surface area contributed by atoms with E-state index < -0.39 is 88.8 Å². The zero-order valence-corrected chi connectivity index (χ0v) is 22.0. The van der Waals surface area contributed by atoms with Gasteiger partial charge in [0.1, 0.15) is 17.3 Å². The summed E-state index contributed by atoms with van der Waals surface area (Å²) in [6.45, 7) is -1.20. The van der Waals surface area contributed by atoms with E-state index in [4.69, 9.17) is 0 Å². The second-order valence-corrected chi connectivity index (χ2v) is 7.41. The molecule has 1 N–H and O–H groups in total. The van der Waals surface area contributed by atoms with Gasteiger partial charge in [-0.1, -0.05) is 5.16 Å². The number of alkyl halides is 15. The Morgan fingerprint density at radius 3 is 1.59 bits per heavy atom. The van der Waals surface area contributed by atoms with Crippen molar-refractivity contribution in [1.29, 1.82) is 0 Å². The Bertz CT molecular complexity index is 1260. The fraction of sp³-hybridized carbons (Fsp3) is 0.471. The molecule has 0 aliphatic rings. The van der Waals surface area contributed by atoms with Gasteiger partial charge < -0.3 is 19.7 Å². The Balaban J connectivity index is 0.00000840. The molecule has 0 saturated carbocycles. The number of hydrogen-bond donors (Lipinski definition) is 1. The Kier molecular flexibility index (Phi) is 10.2. The van der Waals surface area contributed by atoms with Crippen molar-refractivity contribution in [3.05, 3.63) is 29.6 Å². The molecule has 0 aliphatic carbocycles. The average Bonchev–Trinajstić information content (AvgIpc) is 3.28. The number of hydrogen-bond acceptors (Lipinski definition) is 6. The van der Waals surface area contributed by atoms with Crippen molar-refractivity contribution in [2.45, 2.75) is 41.7 Å². The van der Waals surface area contributed by atoms with E-state index in [2.05, 4.69) is 9.51 Å². The van der Waals surface area contributed by atoms with Crippen molar-refractivity contribution in [3.63, 3.8) is 0 Å². The number of nitrogens with zero attached hydrogens (tertiary/aromatic N) is 2. The summed E-state index contributed by atoms with van der Waals surface area (Å²) < 4.78 is 231. The van der Waals surface area contributed by atoms with Crippen molar-refractivity contribution in [2.75, 3.05) is 11.9 Å². The molecular weight excluding hydrogens is 656 g/mol. The number of halogens is 17. The second kappa shape index (κ2) is 11.3. The van der Waals surface area contributed by atoms with Gasteiger partial charge in [-0.15, -0.1) is 0 Å². The molecule has 0 saturated heterocycles. The van der Waals surface area contributed by atoms with E-state index in [1.807, 2.05) is 5.16 Å². The predicted molar refractivity (Wildman–Crippen MR) is 87.8 cm³/mol. The van der Waals surface area contributed by atoms with Crippen molar-refractivity contribution in [3.8, 4) is 11.5 Å². The fourth-order valence-corrected chi connectivity index (χ4v) is 2.60. The molecule has 24 heteroatoms. The summed E-state index contributed by atoms with van der Waals surface area (Å²) in [7, 11) is 0. The molecule has 226 valence electrons. The Hall–Kier alpha value is -1.92. The van der Waals surface area contributed by atoms with Crippen LogP contribution in [0, 0.1) is 11.6 Å². The summed E-state index contributed by atoms with van der Waals surface area (Å²) in [6, 6.07) is 0.105. The molecule has 2 aromatic rings. The zero-order chi connectivity index (χ0) is 31.5. The maximum Gasteiger partial charge on any atom is 1.00 e. The predicted octanol–water partition coefficient (Wildman–Crippen LogP) is 2.01. The van der Waals surface area contributed by atoms with Crippen LogP contribution in [0.2, 0.25) is 0 Å². The zero-order valence-electron chi connectivity index (χ0n) is 18.9. The van der Waals surface area contributed by atoms with Crippen LogP contribution in [0.3, 0.4) is 0 Å². The summed E-state index contributed by atoms with van der Waals surface area (Å²) in [5, 5.41) is 13.9. The van der Waals surface area contributed by atoms with Gasteiger partial charge in [0, 0.05) is 5.56 Å². The van der Waals surface area contributed by atoms with E-state index in [-0.39, 0.29) is 63.5 Å². The van der Waals surface area contributed by atoms with E-state index in [9.17, 15) is 84.5 Å². The number of aromatic nitrogens is 2. The molecule has 2 rings (SSSR count). The van der Waals surface area contributed by atoms with Crippen molar-refractivity contribution >= 4 is 11.7 Å². The van der Waals surface area contributed by atoms with Crippen LogP contribution in [0.4, 0.5) is 80.3 Å². The monoisotopic (exact) mass is 661 g/mol. The summed E-state index contributed by atoms with van der Waals surface area (Å²) in [4.78, 5) is 12.6. The number of rotatable bonds is 10. The van der Waals surface area contributed by atoms with Crippen molar-refractivity contribution in [1.82, 2.24) is 10.1 Å². The Morgan fingerprint density at radius 2 is 1.17 bits per heavy atom. The number of carbonyl (C=O) groups excluding carboxylic acids is 1. The minimum atomic E-state index is -8.54. The summed E-state index contributed by atoms with van der Waals surface area (Å²) >= 11 is 0. The third kappa shape index (κ3) is 5.85. The quantitative estimate of drug-likeness (QED) is 0.310. The molecule has 6 nitrogen and oxygen atoms in total. The number of carboxylic acid groups (broad SMARTS) is 1. The van der Waals surface area contributed by atoms with Crippen LogP contribution in [0.1, 0.15) is 5.82 Å².